The lowest BCUT2D eigenvalue weighted by molar-refractivity contribution is 0.0521. The van der Waals surface area contributed by atoms with Crippen molar-refractivity contribution < 1.29 is 4.79 Å². The smallest absolute Gasteiger partial charge is 0.202 e. The van der Waals surface area contributed by atoms with Gasteiger partial charge in [0.15, 0.2) is 0 Å². The molecule has 5 heteroatoms. The second-order valence-corrected chi connectivity index (χ2v) is 6.47. The van der Waals surface area contributed by atoms with E-state index in [2.05, 4.69) is 53.6 Å². The van der Waals surface area contributed by atoms with Crippen LogP contribution in [0, 0.1) is 0 Å². The summed E-state index contributed by atoms with van der Waals surface area (Å²) in [6.07, 6.45) is 3.34. The van der Waals surface area contributed by atoms with Gasteiger partial charge in [-0.25, -0.2) is 0 Å². The number of Topliss-reactive ketones (excluding diaryl/α,β-unsaturated/α-hetero) is 1. The molecule has 1 aromatic heterocycles. The zero-order chi connectivity index (χ0) is 16.2. The Morgan fingerprint density at radius 3 is 2.19 bits per heavy atom. The fourth-order valence-corrected chi connectivity index (χ4v) is 3.61. The van der Waals surface area contributed by atoms with Crippen LogP contribution in [-0.2, 0) is 0 Å². The predicted octanol–water partition coefficient (Wildman–Crippen LogP) is 4.31. The Labute approximate surface area is 137 Å². The maximum absolute atomic E-state index is 13.4. The van der Waals surface area contributed by atoms with E-state index in [0.29, 0.717) is 5.69 Å². The van der Waals surface area contributed by atoms with Crippen LogP contribution in [0.4, 0.5) is 0 Å². The molecule has 0 aliphatic carbocycles. The average molecular weight is 358 g/mol. The number of carbonyl (C=O) groups is 1. The number of aromatic nitrogens is 2. The van der Waals surface area contributed by atoms with Crippen LogP contribution in [0.5, 0.6) is 0 Å². The zero-order valence-electron chi connectivity index (χ0n) is 14.1. The van der Waals surface area contributed by atoms with Crippen molar-refractivity contribution >= 4 is 21.7 Å². The Hall–Kier alpha value is -0.680. The number of ketones is 1. The van der Waals surface area contributed by atoms with Crippen LogP contribution in [0.3, 0.4) is 0 Å². The first-order chi connectivity index (χ1) is 9.89. The van der Waals surface area contributed by atoms with Gasteiger partial charge in [-0.05, 0) is 55.7 Å². The molecule has 0 spiro atoms. The molecule has 0 aliphatic heterocycles. The Balaban J connectivity index is 3.40. The molecule has 0 aliphatic rings. The van der Waals surface area contributed by atoms with Crippen LogP contribution >= 0.6 is 15.9 Å². The van der Waals surface area contributed by atoms with Crippen LogP contribution in [0.1, 0.15) is 70.9 Å². The van der Waals surface area contributed by atoms with Gasteiger partial charge >= 0.3 is 0 Å². The molecule has 0 saturated heterocycles. The Morgan fingerprint density at radius 2 is 1.81 bits per heavy atom. The molecule has 1 rings (SSSR count). The Bertz CT molecular complexity index is 474. The number of likely N-dealkylation sites (N-methyl/N-ethyl adjacent to an activating group) is 1. The van der Waals surface area contributed by atoms with Gasteiger partial charge in [0, 0.05) is 6.04 Å². The summed E-state index contributed by atoms with van der Waals surface area (Å²) in [5.41, 5.74) is 0.249. The molecule has 0 N–H and O–H groups in total. The van der Waals surface area contributed by atoms with Gasteiger partial charge in [-0.3, -0.25) is 14.4 Å². The fraction of sp³-hybridized carbons (Fsp3) is 0.750. The normalized spacial score (nSPS) is 12.4. The minimum atomic E-state index is -0.446. The Morgan fingerprint density at radius 1 is 1.29 bits per heavy atom. The van der Waals surface area contributed by atoms with Crippen molar-refractivity contribution in [1.29, 1.82) is 0 Å². The summed E-state index contributed by atoms with van der Waals surface area (Å²) < 4.78 is 2.62. The van der Waals surface area contributed by atoms with Crippen molar-refractivity contribution in [2.45, 2.75) is 66.0 Å². The number of hydrogen-bond acceptors (Lipinski definition) is 3. The van der Waals surface area contributed by atoms with E-state index in [-0.39, 0.29) is 11.8 Å². The minimum absolute atomic E-state index is 0.165. The third-order valence-electron chi connectivity index (χ3n) is 4.42. The maximum atomic E-state index is 13.4. The van der Waals surface area contributed by atoms with Crippen molar-refractivity contribution in [3.63, 3.8) is 0 Å². The van der Waals surface area contributed by atoms with Gasteiger partial charge in [-0.1, -0.05) is 27.7 Å². The monoisotopic (exact) mass is 357 g/mol. The highest BCUT2D eigenvalue weighted by Gasteiger charge is 2.42. The van der Waals surface area contributed by atoms with Crippen molar-refractivity contribution in [2.75, 3.05) is 13.1 Å². The molecular weight excluding hydrogens is 330 g/mol. The fourth-order valence-electron chi connectivity index (χ4n) is 3.16. The lowest BCUT2D eigenvalue weighted by Gasteiger charge is -2.41. The van der Waals surface area contributed by atoms with E-state index >= 15 is 0 Å². The SMILES string of the molecule is CCN(CC)C(CC)(CC)C(=O)c1c(Br)cnn1C(C)C. The molecule has 0 radical (unpaired) electrons. The minimum Gasteiger partial charge on any atom is -0.291 e. The molecule has 0 unspecified atom stereocenters. The molecule has 1 aromatic rings. The van der Waals surface area contributed by atoms with Crippen LogP contribution in [0.15, 0.2) is 10.7 Å². The highest BCUT2D eigenvalue weighted by molar-refractivity contribution is 9.10. The quantitative estimate of drug-likeness (QED) is 0.650. The highest BCUT2D eigenvalue weighted by Crippen LogP contribution is 2.32. The van der Waals surface area contributed by atoms with Gasteiger partial charge in [-0.2, -0.15) is 5.10 Å². The largest absolute Gasteiger partial charge is 0.291 e. The second-order valence-electron chi connectivity index (χ2n) is 5.62. The van der Waals surface area contributed by atoms with E-state index < -0.39 is 5.54 Å². The van der Waals surface area contributed by atoms with Gasteiger partial charge < -0.3 is 0 Å². The lowest BCUT2D eigenvalue weighted by atomic mass is 9.84. The second kappa shape index (κ2) is 7.54. The average Bonchev–Trinajstić information content (AvgIpc) is 2.86. The van der Waals surface area contributed by atoms with Crippen LogP contribution in [0.25, 0.3) is 0 Å². The molecule has 0 amide bonds. The van der Waals surface area contributed by atoms with E-state index in [1.54, 1.807) is 6.20 Å². The summed E-state index contributed by atoms with van der Waals surface area (Å²) in [5.74, 6) is 0.175. The van der Waals surface area contributed by atoms with Gasteiger partial charge in [0.2, 0.25) is 5.78 Å². The number of nitrogens with zero attached hydrogens (tertiary/aromatic N) is 3. The van der Waals surface area contributed by atoms with E-state index in [1.165, 1.54) is 0 Å². The summed E-state index contributed by atoms with van der Waals surface area (Å²) >= 11 is 3.51. The van der Waals surface area contributed by atoms with Crippen LogP contribution in [-0.4, -0.2) is 39.1 Å². The summed E-state index contributed by atoms with van der Waals surface area (Å²) in [5, 5.41) is 4.36. The van der Waals surface area contributed by atoms with E-state index in [1.807, 2.05) is 18.5 Å². The molecule has 4 nitrogen and oxygen atoms in total. The van der Waals surface area contributed by atoms with Gasteiger partial charge in [0.05, 0.1) is 16.2 Å². The molecule has 21 heavy (non-hydrogen) atoms. The summed E-state index contributed by atoms with van der Waals surface area (Å²) in [6.45, 7) is 14.3. The first kappa shape index (κ1) is 18.4. The summed E-state index contributed by atoms with van der Waals surface area (Å²) in [4.78, 5) is 15.6. The molecular formula is C16H28BrN3O. The van der Waals surface area contributed by atoms with E-state index in [4.69, 9.17) is 0 Å². The van der Waals surface area contributed by atoms with E-state index in [0.717, 1.165) is 30.4 Å². The maximum Gasteiger partial charge on any atom is 0.202 e. The first-order valence-electron chi connectivity index (χ1n) is 7.92. The van der Waals surface area contributed by atoms with Crippen molar-refractivity contribution in [3.05, 3.63) is 16.4 Å². The lowest BCUT2D eigenvalue weighted by Crippen LogP contribution is -2.54. The number of rotatable bonds is 8. The molecule has 0 aromatic carbocycles. The highest BCUT2D eigenvalue weighted by atomic mass is 79.9. The van der Waals surface area contributed by atoms with Crippen molar-refractivity contribution in [2.24, 2.45) is 0 Å². The number of halogens is 1. The number of carbonyl (C=O) groups excluding carboxylic acids is 1. The van der Waals surface area contributed by atoms with Crippen LogP contribution in [0.2, 0.25) is 0 Å². The zero-order valence-corrected chi connectivity index (χ0v) is 15.7. The van der Waals surface area contributed by atoms with E-state index in [9.17, 15) is 4.79 Å². The first-order valence-corrected chi connectivity index (χ1v) is 8.71. The third-order valence-corrected chi connectivity index (χ3v) is 5.00. The standard InChI is InChI=1S/C16H28BrN3O/c1-7-16(8-2,19(9-3)10-4)15(21)14-13(17)11-18-20(14)12(5)6/h11-12H,7-10H2,1-6H3. The Kier molecular flexibility index (Phi) is 6.60. The van der Waals surface area contributed by atoms with Crippen LogP contribution < -0.4 is 0 Å². The third kappa shape index (κ3) is 3.24. The topological polar surface area (TPSA) is 38.1 Å². The van der Waals surface area contributed by atoms with Crippen molar-refractivity contribution in [1.82, 2.24) is 14.7 Å². The molecule has 0 bridgehead atoms. The molecule has 0 saturated carbocycles. The molecule has 120 valence electrons. The van der Waals surface area contributed by atoms with Gasteiger partial charge in [-0.15, -0.1) is 0 Å². The predicted molar refractivity (Wildman–Crippen MR) is 90.9 cm³/mol. The van der Waals surface area contributed by atoms with Gasteiger partial charge in [0.1, 0.15) is 5.69 Å². The number of hydrogen-bond donors (Lipinski definition) is 0. The molecule has 0 fully saturated rings. The molecule has 0 atom stereocenters. The molecule has 1 heterocycles. The van der Waals surface area contributed by atoms with Gasteiger partial charge in [0.25, 0.3) is 0 Å². The summed E-state index contributed by atoms with van der Waals surface area (Å²) in [6, 6.07) is 0.165. The summed E-state index contributed by atoms with van der Waals surface area (Å²) in [7, 11) is 0. The van der Waals surface area contributed by atoms with Crippen molar-refractivity contribution in [3.8, 4) is 0 Å².